The maximum Gasteiger partial charge on any atom is 0.303 e. The van der Waals surface area contributed by atoms with Crippen LogP contribution in [-0.2, 0) is 4.79 Å². The molecule has 0 saturated carbocycles. The zero-order valence-corrected chi connectivity index (χ0v) is 12.4. The molecule has 0 aliphatic carbocycles. The fraction of sp³-hybridized carbons (Fsp3) is 0.467. The molecular formula is C15H19NO3S. The highest BCUT2D eigenvalue weighted by atomic mass is 32.2. The van der Waals surface area contributed by atoms with E-state index in [2.05, 4.69) is 0 Å². The van der Waals surface area contributed by atoms with Crippen LogP contribution in [0.2, 0.25) is 0 Å². The second-order valence-electron chi connectivity index (χ2n) is 5.06. The van der Waals surface area contributed by atoms with Gasteiger partial charge in [0.25, 0.3) is 5.91 Å². The zero-order valence-electron chi connectivity index (χ0n) is 11.5. The van der Waals surface area contributed by atoms with Gasteiger partial charge in [0.15, 0.2) is 0 Å². The number of carbonyl (C=O) groups excluding carboxylic acids is 1. The number of nitrogens with zero attached hydrogens (tertiary/aromatic N) is 1. The van der Waals surface area contributed by atoms with Crippen LogP contribution in [0.15, 0.2) is 29.2 Å². The Labute approximate surface area is 123 Å². The van der Waals surface area contributed by atoms with Gasteiger partial charge in [-0.25, -0.2) is 0 Å². The van der Waals surface area contributed by atoms with E-state index in [1.165, 1.54) is 0 Å². The smallest absolute Gasteiger partial charge is 0.303 e. The molecule has 20 heavy (non-hydrogen) atoms. The lowest BCUT2D eigenvalue weighted by atomic mass is 9.93. The number of carboxylic acid groups (broad SMARTS) is 1. The lowest BCUT2D eigenvalue weighted by Gasteiger charge is -2.31. The molecule has 1 N–H and O–H groups in total. The molecule has 1 saturated heterocycles. The number of amides is 1. The van der Waals surface area contributed by atoms with Gasteiger partial charge in [-0.05, 0) is 49.3 Å². The lowest BCUT2D eigenvalue weighted by molar-refractivity contribution is -0.138. The molecule has 108 valence electrons. The normalized spacial score (nSPS) is 16.1. The summed E-state index contributed by atoms with van der Waals surface area (Å²) in [5, 5.41) is 8.79. The van der Waals surface area contributed by atoms with Gasteiger partial charge in [-0.2, -0.15) is 0 Å². The van der Waals surface area contributed by atoms with Gasteiger partial charge in [-0.3, -0.25) is 9.59 Å². The van der Waals surface area contributed by atoms with E-state index in [1.54, 1.807) is 11.8 Å². The van der Waals surface area contributed by atoms with Gasteiger partial charge in [-0.15, -0.1) is 11.8 Å². The van der Waals surface area contributed by atoms with Crippen LogP contribution in [0.25, 0.3) is 0 Å². The predicted octanol–water partition coefficient (Wildman–Crippen LogP) is 2.74. The third kappa shape index (κ3) is 3.76. The summed E-state index contributed by atoms with van der Waals surface area (Å²) in [4.78, 5) is 26.0. The van der Waals surface area contributed by atoms with E-state index in [4.69, 9.17) is 5.11 Å². The molecule has 1 aliphatic rings. The van der Waals surface area contributed by atoms with E-state index in [9.17, 15) is 9.59 Å². The van der Waals surface area contributed by atoms with Crippen molar-refractivity contribution in [2.24, 2.45) is 5.92 Å². The Bertz CT molecular complexity index is 478. The highest BCUT2D eigenvalue weighted by molar-refractivity contribution is 7.98. The lowest BCUT2D eigenvalue weighted by Crippen LogP contribution is -2.38. The minimum atomic E-state index is -0.748. The summed E-state index contributed by atoms with van der Waals surface area (Å²) < 4.78 is 0. The standard InChI is InChI=1S/C15H19NO3S/c1-20-13-4-2-12(3-5-13)15(19)16-8-6-11(7-9-16)10-14(17)18/h2-5,11H,6-10H2,1H3,(H,17,18). The first-order valence-electron chi connectivity index (χ1n) is 6.75. The van der Waals surface area contributed by atoms with Gasteiger partial charge < -0.3 is 10.0 Å². The molecule has 0 aromatic heterocycles. The highest BCUT2D eigenvalue weighted by Gasteiger charge is 2.24. The highest BCUT2D eigenvalue weighted by Crippen LogP contribution is 2.22. The van der Waals surface area contributed by atoms with Crippen LogP contribution in [0.1, 0.15) is 29.6 Å². The SMILES string of the molecule is CSc1ccc(C(=O)N2CCC(CC(=O)O)CC2)cc1. The van der Waals surface area contributed by atoms with Crippen LogP contribution in [-0.4, -0.2) is 41.2 Å². The molecular weight excluding hydrogens is 274 g/mol. The summed E-state index contributed by atoms with van der Waals surface area (Å²) in [6, 6.07) is 7.62. The minimum absolute atomic E-state index is 0.0476. The van der Waals surface area contributed by atoms with E-state index < -0.39 is 5.97 Å². The Morgan fingerprint density at radius 3 is 2.35 bits per heavy atom. The first kappa shape index (κ1) is 14.9. The summed E-state index contributed by atoms with van der Waals surface area (Å²) in [6.45, 7) is 1.31. The Balaban J connectivity index is 1.92. The van der Waals surface area contributed by atoms with Crippen molar-refractivity contribution >= 4 is 23.6 Å². The predicted molar refractivity (Wildman–Crippen MR) is 79.1 cm³/mol. The van der Waals surface area contributed by atoms with Crippen molar-refractivity contribution in [2.45, 2.75) is 24.2 Å². The second kappa shape index (κ2) is 6.79. The van der Waals surface area contributed by atoms with E-state index >= 15 is 0 Å². The number of benzene rings is 1. The number of hydrogen-bond donors (Lipinski definition) is 1. The number of hydrogen-bond acceptors (Lipinski definition) is 3. The maximum atomic E-state index is 12.3. The third-order valence-electron chi connectivity index (χ3n) is 3.70. The van der Waals surface area contributed by atoms with Gasteiger partial charge in [0.1, 0.15) is 0 Å². The molecule has 1 heterocycles. The van der Waals surface area contributed by atoms with E-state index in [-0.39, 0.29) is 18.2 Å². The van der Waals surface area contributed by atoms with Crippen molar-refractivity contribution in [3.8, 4) is 0 Å². The number of piperidine rings is 1. The van der Waals surface area contributed by atoms with Crippen LogP contribution < -0.4 is 0 Å². The molecule has 1 fully saturated rings. The van der Waals surface area contributed by atoms with Crippen molar-refractivity contribution in [1.29, 1.82) is 0 Å². The van der Waals surface area contributed by atoms with Crippen molar-refractivity contribution in [3.05, 3.63) is 29.8 Å². The Kier molecular flexibility index (Phi) is 5.06. The molecule has 4 nitrogen and oxygen atoms in total. The molecule has 5 heteroatoms. The number of aliphatic carboxylic acids is 1. The third-order valence-corrected chi connectivity index (χ3v) is 4.45. The molecule has 0 atom stereocenters. The largest absolute Gasteiger partial charge is 0.481 e. The summed E-state index contributed by atoms with van der Waals surface area (Å²) in [5.74, 6) is -0.496. The molecule has 0 radical (unpaired) electrons. The number of thioether (sulfide) groups is 1. The monoisotopic (exact) mass is 293 g/mol. The summed E-state index contributed by atoms with van der Waals surface area (Å²) in [7, 11) is 0. The first-order valence-corrected chi connectivity index (χ1v) is 7.97. The zero-order chi connectivity index (χ0) is 14.5. The Hall–Kier alpha value is -1.49. The van der Waals surface area contributed by atoms with E-state index in [0.717, 1.165) is 17.7 Å². The fourth-order valence-electron chi connectivity index (χ4n) is 2.50. The maximum absolute atomic E-state index is 12.3. The number of carbonyl (C=O) groups is 2. The average Bonchev–Trinajstić information content (AvgIpc) is 2.47. The van der Waals surface area contributed by atoms with Crippen molar-refractivity contribution in [2.75, 3.05) is 19.3 Å². The van der Waals surface area contributed by atoms with Gasteiger partial charge in [0.05, 0.1) is 0 Å². The first-order chi connectivity index (χ1) is 9.60. The Morgan fingerprint density at radius 1 is 1.25 bits per heavy atom. The number of carboxylic acids is 1. The molecule has 1 aromatic rings. The van der Waals surface area contributed by atoms with E-state index in [1.807, 2.05) is 35.4 Å². The average molecular weight is 293 g/mol. The molecule has 0 unspecified atom stereocenters. The molecule has 1 aliphatic heterocycles. The van der Waals surface area contributed by atoms with E-state index in [0.29, 0.717) is 18.7 Å². The van der Waals surface area contributed by atoms with Gasteiger partial charge in [0, 0.05) is 30.0 Å². The number of rotatable bonds is 4. The minimum Gasteiger partial charge on any atom is -0.481 e. The molecule has 2 rings (SSSR count). The van der Waals surface area contributed by atoms with Crippen LogP contribution in [0.5, 0.6) is 0 Å². The Morgan fingerprint density at radius 2 is 1.85 bits per heavy atom. The van der Waals surface area contributed by atoms with Crippen LogP contribution >= 0.6 is 11.8 Å². The summed E-state index contributed by atoms with van der Waals surface area (Å²) >= 11 is 1.65. The molecule has 1 aromatic carbocycles. The fourth-order valence-corrected chi connectivity index (χ4v) is 2.91. The van der Waals surface area contributed by atoms with Crippen LogP contribution in [0.4, 0.5) is 0 Å². The van der Waals surface area contributed by atoms with Gasteiger partial charge in [0.2, 0.25) is 0 Å². The topological polar surface area (TPSA) is 57.6 Å². The van der Waals surface area contributed by atoms with Crippen molar-refractivity contribution in [1.82, 2.24) is 4.90 Å². The van der Waals surface area contributed by atoms with Gasteiger partial charge in [-0.1, -0.05) is 0 Å². The number of likely N-dealkylation sites (tertiary alicyclic amines) is 1. The van der Waals surface area contributed by atoms with Crippen LogP contribution in [0, 0.1) is 5.92 Å². The molecule has 0 bridgehead atoms. The summed E-state index contributed by atoms with van der Waals surface area (Å²) in [5.41, 5.74) is 0.708. The van der Waals surface area contributed by atoms with Crippen LogP contribution in [0.3, 0.4) is 0 Å². The van der Waals surface area contributed by atoms with Crippen molar-refractivity contribution < 1.29 is 14.7 Å². The molecule has 0 spiro atoms. The van der Waals surface area contributed by atoms with Gasteiger partial charge >= 0.3 is 5.97 Å². The quantitative estimate of drug-likeness (QED) is 0.867. The van der Waals surface area contributed by atoms with Crippen molar-refractivity contribution in [3.63, 3.8) is 0 Å². The second-order valence-corrected chi connectivity index (χ2v) is 5.94. The molecule has 1 amide bonds. The summed E-state index contributed by atoms with van der Waals surface area (Å²) in [6.07, 6.45) is 3.77.